The first-order chi connectivity index (χ1) is 11.8. The summed E-state index contributed by atoms with van der Waals surface area (Å²) in [6.45, 7) is 1.23. The summed E-state index contributed by atoms with van der Waals surface area (Å²) in [6.07, 6.45) is 2.79. The third-order valence-corrected chi connectivity index (χ3v) is 5.58. The van der Waals surface area contributed by atoms with Crippen LogP contribution in [0.3, 0.4) is 0 Å². The van der Waals surface area contributed by atoms with E-state index in [-0.39, 0.29) is 21.8 Å². The Kier molecular flexibility index (Phi) is 4.30. The highest BCUT2D eigenvalue weighted by Crippen LogP contribution is 2.28. The van der Waals surface area contributed by atoms with Crippen LogP contribution in [0.4, 0.5) is 11.4 Å². The number of hydrogen-bond donors (Lipinski definition) is 1. The van der Waals surface area contributed by atoms with Gasteiger partial charge in [0.15, 0.2) is 5.78 Å². The van der Waals surface area contributed by atoms with Gasteiger partial charge < -0.3 is 0 Å². The van der Waals surface area contributed by atoms with Gasteiger partial charge in [0.2, 0.25) is 0 Å². The first-order valence-corrected chi connectivity index (χ1v) is 9.20. The lowest BCUT2D eigenvalue weighted by Crippen LogP contribution is -2.15. The molecular formula is C17H16N2O5S. The fourth-order valence-electron chi connectivity index (χ4n) is 2.95. The summed E-state index contributed by atoms with van der Waals surface area (Å²) in [6, 6.07) is 8.45. The van der Waals surface area contributed by atoms with Crippen molar-refractivity contribution in [1.82, 2.24) is 0 Å². The van der Waals surface area contributed by atoms with Gasteiger partial charge in [-0.05, 0) is 55.5 Å². The van der Waals surface area contributed by atoms with Gasteiger partial charge in [0.05, 0.1) is 15.5 Å². The zero-order valence-electron chi connectivity index (χ0n) is 13.5. The molecule has 0 radical (unpaired) electrons. The van der Waals surface area contributed by atoms with Crippen LogP contribution >= 0.6 is 0 Å². The number of sulfonamides is 1. The highest BCUT2D eigenvalue weighted by Gasteiger charge is 2.22. The molecule has 0 unspecified atom stereocenters. The largest absolute Gasteiger partial charge is 0.294 e. The average Bonchev–Trinajstić information content (AvgIpc) is 3.02. The van der Waals surface area contributed by atoms with Gasteiger partial charge in [0.1, 0.15) is 0 Å². The molecule has 2 aromatic rings. The number of nitro benzene ring substituents is 1. The van der Waals surface area contributed by atoms with Crippen LogP contribution in [-0.2, 0) is 22.9 Å². The number of non-ortho nitro benzene ring substituents is 1. The fourth-order valence-corrected chi connectivity index (χ4v) is 4.08. The number of nitro groups is 1. The van der Waals surface area contributed by atoms with Crippen molar-refractivity contribution in [3.63, 3.8) is 0 Å². The van der Waals surface area contributed by atoms with Gasteiger partial charge in [-0.3, -0.25) is 19.6 Å². The van der Waals surface area contributed by atoms with Crippen LogP contribution in [0, 0.1) is 10.1 Å². The molecule has 130 valence electrons. The van der Waals surface area contributed by atoms with E-state index in [1.54, 1.807) is 12.1 Å². The number of Topliss-reactive ketones (excluding diaryl/α,β-unsaturated/α-hetero) is 1. The molecule has 3 rings (SSSR count). The predicted octanol–water partition coefficient (Wildman–Crippen LogP) is 3.09. The van der Waals surface area contributed by atoms with Crippen LogP contribution in [-0.4, -0.2) is 19.1 Å². The Bertz CT molecular complexity index is 983. The minimum Gasteiger partial charge on any atom is -0.294 e. The number of benzene rings is 2. The zero-order valence-corrected chi connectivity index (χ0v) is 14.3. The number of rotatable bonds is 5. The van der Waals surface area contributed by atoms with Gasteiger partial charge in [0.25, 0.3) is 15.7 Å². The molecule has 1 N–H and O–H groups in total. The number of fused-ring (bicyclic) bond motifs is 1. The van der Waals surface area contributed by atoms with E-state index in [1.165, 1.54) is 19.1 Å². The molecule has 0 saturated heterocycles. The van der Waals surface area contributed by atoms with Crippen molar-refractivity contribution in [2.75, 3.05) is 4.72 Å². The van der Waals surface area contributed by atoms with Crippen molar-refractivity contribution >= 4 is 27.2 Å². The molecule has 0 heterocycles. The van der Waals surface area contributed by atoms with E-state index in [4.69, 9.17) is 0 Å². The third-order valence-electron chi connectivity index (χ3n) is 4.22. The van der Waals surface area contributed by atoms with Gasteiger partial charge in [0, 0.05) is 17.7 Å². The van der Waals surface area contributed by atoms with E-state index in [2.05, 4.69) is 4.72 Å². The van der Waals surface area contributed by atoms with Gasteiger partial charge >= 0.3 is 0 Å². The highest BCUT2D eigenvalue weighted by molar-refractivity contribution is 7.92. The van der Waals surface area contributed by atoms with Crippen LogP contribution in [0.25, 0.3) is 0 Å². The van der Waals surface area contributed by atoms with Gasteiger partial charge in [-0.25, -0.2) is 8.42 Å². The van der Waals surface area contributed by atoms with Crippen molar-refractivity contribution in [1.29, 1.82) is 0 Å². The van der Waals surface area contributed by atoms with Crippen molar-refractivity contribution in [2.45, 2.75) is 31.1 Å². The number of aryl methyl sites for hydroxylation is 2. The fraction of sp³-hybridized carbons (Fsp3) is 0.235. The Morgan fingerprint density at radius 1 is 1.12 bits per heavy atom. The topological polar surface area (TPSA) is 106 Å². The van der Waals surface area contributed by atoms with E-state index in [0.717, 1.165) is 42.5 Å². The molecule has 0 bridgehead atoms. The second-order valence-corrected chi connectivity index (χ2v) is 7.62. The number of hydrogen-bond acceptors (Lipinski definition) is 5. The first-order valence-electron chi connectivity index (χ1n) is 7.72. The lowest BCUT2D eigenvalue weighted by molar-refractivity contribution is -0.384. The first kappa shape index (κ1) is 17.1. The van der Waals surface area contributed by atoms with Crippen LogP contribution in [0.5, 0.6) is 0 Å². The molecule has 0 aliphatic heterocycles. The maximum Gasteiger partial charge on any atom is 0.270 e. The summed E-state index contributed by atoms with van der Waals surface area (Å²) < 4.78 is 27.6. The van der Waals surface area contributed by atoms with E-state index in [9.17, 15) is 23.3 Å². The summed E-state index contributed by atoms with van der Waals surface area (Å²) >= 11 is 0. The Morgan fingerprint density at radius 2 is 1.84 bits per heavy atom. The second-order valence-electron chi connectivity index (χ2n) is 5.93. The van der Waals surface area contributed by atoms with E-state index >= 15 is 0 Å². The van der Waals surface area contributed by atoms with E-state index in [0.29, 0.717) is 0 Å². The third kappa shape index (κ3) is 3.39. The van der Waals surface area contributed by atoms with Crippen LogP contribution in [0.1, 0.15) is 34.8 Å². The standard InChI is InChI=1S/C17H16N2O5S/c1-11(20)16-10-14(19(21)22)6-8-17(16)18-25(23,24)15-7-5-12-3-2-4-13(12)9-15/h5-10,18H,2-4H2,1H3. The molecular weight excluding hydrogens is 344 g/mol. The van der Waals surface area contributed by atoms with Gasteiger partial charge in [-0.15, -0.1) is 0 Å². The molecule has 7 nitrogen and oxygen atoms in total. The average molecular weight is 360 g/mol. The lowest BCUT2D eigenvalue weighted by Gasteiger charge is -2.12. The molecule has 8 heteroatoms. The molecule has 0 spiro atoms. The number of anilines is 1. The number of ketones is 1. The number of carbonyl (C=O) groups excluding carboxylic acids is 1. The number of nitrogens with one attached hydrogen (secondary N) is 1. The molecule has 0 fully saturated rings. The SMILES string of the molecule is CC(=O)c1cc([N+](=O)[O-])ccc1NS(=O)(=O)c1ccc2c(c1)CCC2. The molecule has 0 atom stereocenters. The van der Waals surface area contributed by atoms with E-state index in [1.807, 2.05) is 0 Å². The highest BCUT2D eigenvalue weighted by atomic mass is 32.2. The normalized spacial score (nSPS) is 13.3. The van der Waals surface area contributed by atoms with Crippen molar-refractivity contribution in [2.24, 2.45) is 0 Å². The molecule has 0 saturated carbocycles. The molecule has 2 aromatic carbocycles. The quantitative estimate of drug-likeness (QED) is 0.501. The second kappa shape index (κ2) is 6.29. The zero-order chi connectivity index (χ0) is 18.2. The number of nitrogens with zero attached hydrogens (tertiary/aromatic N) is 1. The van der Waals surface area contributed by atoms with Crippen LogP contribution in [0.15, 0.2) is 41.3 Å². The van der Waals surface area contributed by atoms with Crippen molar-refractivity contribution in [3.05, 3.63) is 63.2 Å². The Balaban J connectivity index is 1.98. The Hall–Kier alpha value is -2.74. The lowest BCUT2D eigenvalue weighted by atomic mass is 10.1. The maximum atomic E-state index is 12.6. The summed E-state index contributed by atoms with van der Waals surface area (Å²) in [5, 5.41) is 10.9. The molecule has 1 aliphatic rings. The van der Waals surface area contributed by atoms with Crippen molar-refractivity contribution < 1.29 is 18.1 Å². The minimum absolute atomic E-state index is 0.0265. The summed E-state index contributed by atoms with van der Waals surface area (Å²) in [7, 11) is -3.90. The Morgan fingerprint density at radius 3 is 2.52 bits per heavy atom. The summed E-state index contributed by atoms with van der Waals surface area (Å²) in [5.74, 6) is -0.463. The Labute approximate surface area is 144 Å². The molecule has 0 amide bonds. The smallest absolute Gasteiger partial charge is 0.270 e. The van der Waals surface area contributed by atoms with Gasteiger partial charge in [-0.1, -0.05) is 6.07 Å². The van der Waals surface area contributed by atoms with Crippen molar-refractivity contribution in [3.8, 4) is 0 Å². The van der Waals surface area contributed by atoms with Crippen LogP contribution < -0.4 is 4.72 Å². The summed E-state index contributed by atoms with van der Waals surface area (Å²) in [5.41, 5.74) is 1.88. The predicted molar refractivity (Wildman–Crippen MR) is 92.4 cm³/mol. The molecule has 1 aliphatic carbocycles. The minimum atomic E-state index is -3.90. The summed E-state index contributed by atoms with van der Waals surface area (Å²) in [4.78, 5) is 22.1. The molecule has 0 aromatic heterocycles. The monoisotopic (exact) mass is 360 g/mol. The van der Waals surface area contributed by atoms with Gasteiger partial charge in [-0.2, -0.15) is 0 Å². The maximum absolute atomic E-state index is 12.6. The molecule has 25 heavy (non-hydrogen) atoms. The van der Waals surface area contributed by atoms with Crippen LogP contribution in [0.2, 0.25) is 0 Å². The van der Waals surface area contributed by atoms with E-state index < -0.39 is 20.7 Å². The number of carbonyl (C=O) groups is 1.